The third kappa shape index (κ3) is 5.02. The fourth-order valence-electron chi connectivity index (χ4n) is 3.22. The molecule has 0 aliphatic carbocycles. The van der Waals surface area contributed by atoms with Crippen molar-refractivity contribution in [1.29, 1.82) is 0 Å². The molecule has 1 amide bonds. The molecule has 0 saturated carbocycles. The molecule has 3 aromatic rings. The first-order valence-electron chi connectivity index (χ1n) is 9.52. The number of carbonyl (C=O) groups is 1. The first-order valence-corrected chi connectivity index (χ1v) is 9.52. The summed E-state index contributed by atoms with van der Waals surface area (Å²) in [5.41, 5.74) is 1.24. The average Bonchev–Trinajstić information content (AvgIpc) is 2.75. The summed E-state index contributed by atoms with van der Waals surface area (Å²) in [6, 6.07) is 22.3. The summed E-state index contributed by atoms with van der Waals surface area (Å²) < 4.78 is 10.9. The van der Waals surface area contributed by atoms with Gasteiger partial charge >= 0.3 is 0 Å². The smallest absolute Gasteiger partial charge is 0.275 e. The molecule has 3 N–H and O–H groups in total. The number of rotatable bonds is 9. The second-order valence-corrected chi connectivity index (χ2v) is 6.65. The summed E-state index contributed by atoms with van der Waals surface area (Å²) in [6.07, 6.45) is 0. The SMILES string of the molecule is COc1ccccc1OCCNC(=O)C[NH2+][C@H](C)c1cccc2ccccc12. The van der Waals surface area contributed by atoms with Crippen LogP contribution in [0, 0.1) is 0 Å². The van der Waals surface area contributed by atoms with Crippen molar-refractivity contribution in [3.8, 4) is 11.5 Å². The number of nitrogens with two attached hydrogens (primary N) is 1. The van der Waals surface area contributed by atoms with Crippen molar-refractivity contribution in [3.63, 3.8) is 0 Å². The highest BCUT2D eigenvalue weighted by Gasteiger charge is 2.14. The van der Waals surface area contributed by atoms with E-state index in [1.165, 1.54) is 16.3 Å². The lowest BCUT2D eigenvalue weighted by molar-refractivity contribution is -0.682. The lowest BCUT2D eigenvalue weighted by Gasteiger charge is -2.14. The van der Waals surface area contributed by atoms with Crippen LogP contribution in [0.3, 0.4) is 0 Å². The van der Waals surface area contributed by atoms with Gasteiger partial charge in [-0.2, -0.15) is 0 Å². The van der Waals surface area contributed by atoms with E-state index in [1.54, 1.807) is 7.11 Å². The van der Waals surface area contributed by atoms with Crippen molar-refractivity contribution in [2.45, 2.75) is 13.0 Å². The van der Waals surface area contributed by atoms with Gasteiger partial charge in [0.25, 0.3) is 5.91 Å². The summed E-state index contributed by atoms with van der Waals surface area (Å²) in [7, 11) is 1.61. The lowest BCUT2D eigenvalue weighted by Crippen LogP contribution is -2.87. The molecular weight excluding hydrogens is 352 g/mol. The Hall–Kier alpha value is -3.05. The largest absolute Gasteiger partial charge is 0.493 e. The Morgan fingerprint density at radius 1 is 1.00 bits per heavy atom. The highest BCUT2D eigenvalue weighted by Crippen LogP contribution is 2.25. The molecule has 1 atom stereocenters. The molecule has 0 aromatic heterocycles. The van der Waals surface area contributed by atoms with Crippen LogP contribution in [0.15, 0.2) is 66.7 Å². The van der Waals surface area contributed by atoms with Crippen molar-refractivity contribution in [3.05, 3.63) is 72.3 Å². The molecule has 146 valence electrons. The van der Waals surface area contributed by atoms with Gasteiger partial charge in [0, 0.05) is 5.56 Å². The third-order valence-corrected chi connectivity index (χ3v) is 4.72. The van der Waals surface area contributed by atoms with E-state index in [9.17, 15) is 4.79 Å². The van der Waals surface area contributed by atoms with Gasteiger partial charge in [-0.05, 0) is 29.8 Å². The molecule has 28 heavy (non-hydrogen) atoms. The van der Waals surface area contributed by atoms with Crippen molar-refractivity contribution in [2.75, 3.05) is 26.8 Å². The minimum atomic E-state index is -0.00397. The van der Waals surface area contributed by atoms with Crippen LogP contribution in [0.4, 0.5) is 0 Å². The van der Waals surface area contributed by atoms with E-state index < -0.39 is 0 Å². The minimum absolute atomic E-state index is 0.00397. The molecule has 3 rings (SSSR count). The summed E-state index contributed by atoms with van der Waals surface area (Å²) in [6.45, 7) is 3.34. The number of nitrogens with one attached hydrogen (secondary N) is 1. The van der Waals surface area contributed by atoms with Gasteiger partial charge in [0.05, 0.1) is 13.7 Å². The third-order valence-electron chi connectivity index (χ3n) is 4.72. The predicted octanol–water partition coefficient (Wildman–Crippen LogP) is 2.67. The van der Waals surface area contributed by atoms with Crippen molar-refractivity contribution < 1.29 is 19.6 Å². The van der Waals surface area contributed by atoms with Crippen LogP contribution in [-0.4, -0.2) is 32.7 Å². The number of quaternary nitrogens is 1. The highest BCUT2D eigenvalue weighted by molar-refractivity contribution is 5.85. The number of carbonyl (C=O) groups excluding carboxylic acids is 1. The van der Waals surface area contributed by atoms with Gasteiger partial charge in [0.15, 0.2) is 18.0 Å². The van der Waals surface area contributed by atoms with Crippen LogP contribution in [-0.2, 0) is 4.79 Å². The van der Waals surface area contributed by atoms with Crippen LogP contribution < -0.4 is 20.1 Å². The van der Waals surface area contributed by atoms with E-state index in [0.29, 0.717) is 31.2 Å². The molecule has 0 spiro atoms. The molecule has 0 unspecified atom stereocenters. The standard InChI is InChI=1S/C23H26N2O3/c1-17(19-11-7-9-18-8-3-4-10-20(18)19)25-16-23(26)24-14-15-28-22-13-6-5-12-21(22)27-2/h3-13,17,25H,14-16H2,1-2H3,(H,24,26)/p+1/t17-/m1/s1. The number of ether oxygens (including phenoxy) is 2. The molecule has 0 aliphatic rings. The Bertz CT molecular complexity index is 921. The minimum Gasteiger partial charge on any atom is -0.493 e. The van der Waals surface area contributed by atoms with E-state index in [0.717, 1.165) is 0 Å². The first kappa shape index (κ1) is 19.7. The Morgan fingerprint density at radius 3 is 2.54 bits per heavy atom. The fourth-order valence-corrected chi connectivity index (χ4v) is 3.22. The molecule has 0 heterocycles. The zero-order chi connectivity index (χ0) is 19.8. The quantitative estimate of drug-likeness (QED) is 0.562. The topological polar surface area (TPSA) is 64.2 Å². The molecule has 3 aromatic carbocycles. The van der Waals surface area contributed by atoms with E-state index in [1.807, 2.05) is 36.4 Å². The summed E-state index contributed by atoms with van der Waals surface area (Å²) >= 11 is 0. The van der Waals surface area contributed by atoms with Crippen LogP contribution >= 0.6 is 0 Å². The van der Waals surface area contributed by atoms with Crippen molar-refractivity contribution in [1.82, 2.24) is 5.32 Å². The Kier molecular flexibility index (Phi) is 6.87. The maximum atomic E-state index is 12.2. The highest BCUT2D eigenvalue weighted by atomic mass is 16.5. The van der Waals surface area contributed by atoms with Gasteiger partial charge in [-0.25, -0.2) is 0 Å². The molecule has 0 fully saturated rings. The van der Waals surface area contributed by atoms with E-state index >= 15 is 0 Å². The van der Waals surface area contributed by atoms with E-state index in [4.69, 9.17) is 9.47 Å². The number of fused-ring (bicyclic) bond motifs is 1. The van der Waals surface area contributed by atoms with Crippen LogP contribution in [0.2, 0.25) is 0 Å². The molecule has 0 aliphatic heterocycles. The van der Waals surface area contributed by atoms with Crippen LogP contribution in [0.25, 0.3) is 10.8 Å². The van der Waals surface area contributed by atoms with Gasteiger partial charge in [-0.15, -0.1) is 0 Å². The zero-order valence-electron chi connectivity index (χ0n) is 16.4. The first-order chi connectivity index (χ1) is 13.7. The lowest BCUT2D eigenvalue weighted by atomic mass is 10.00. The number of methoxy groups -OCH3 is 1. The average molecular weight is 379 g/mol. The van der Waals surface area contributed by atoms with Gasteiger partial charge in [0.1, 0.15) is 12.6 Å². The van der Waals surface area contributed by atoms with Crippen molar-refractivity contribution >= 4 is 16.7 Å². The maximum absolute atomic E-state index is 12.2. The van der Waals surface area contributed by atoms with Gasteiger partial charge in [0.2, 0.25) is 0 Å². The second-order valence-electron chi connectivity index (χ2n) is 6.65. The van der Waals surface area contributed by atoms with Crippen molar-refractivity contribution in [2.24, 2.45) is 0 Å². The molecule has 0 radical (unpaired) electrons. The number of benzene rings is 3. The monoisotopic (exact) mass is 379 g/mol. The predicted molar refractivity (Wildman–Crippen MR) is 111 cm³/mol. The molecule has 5 nitrogen and oxygen atoms in total. The number of para-hydroxylation sites is 2. The second kappa shape index (κ2) is 9.76. The maximum Gasteiger partial charge on any atom is 0.275 e. The summed E-state index contributed by atoms with van der Waals surface area (Å²) in [5, 5.41) is 7.41. The van der Waals surface area contributed by atoms with E-state index in [-0.39, 0.29) is 11.9 Å². The zero-order valence-corrected chi connectivity index (χ0v) is 16.4. The van der Waals surface area contributed by atoms with Crippen LogP contribution in [0.5, 0.6) is 11.5 Å². The molecular formula is C23H27N2O3+. The Balaban J connectivity index is 1.44. The van der Waals surface area contributed by atoms with Gasteiger partial charge in [-0.3, -0.25) is 4.79 Å². The summed E-state index contributed by atoms with van der Waals surface area (Å²) in [4.78, 5) is 12.2. The normalized spacial score (nSPS) is 11.8. The molecule has 0 bridgehead atoms. The van der Waals surface area contributed by atoms with E-state index in [2.05, 4.69) is 47.9 Å². The summed E-state index contributed by atoms with van der Waals surface area (Å²) in [5.74, 6) is 1.36. The number of hydrogen-bond acceptors (Lipinski definition) is 3. The van der Waals surface area contributed by atoms with Crippen LogP contribution in [0.1, 0.15) is 18.5 Å². The van der Waals surface area contributed by atoms with Gasteiger partial charge in [-0.1, -0.05) is 54.6 Å². The Labute approximate surface area is 165 Å². The molecule has 5 heteroatoms. The number of amides is 1. The fraction of sp³-hybridized carbons (Fsp3) is 0.261. The van der Waals surface area contributed by atoms with Gasteiger partial charge < -0.3 is 20.1 Å². The molecule has 0 saturated heterocycles. The number of hydrogen-bond donors (Lipinski definition) is 2. The Morgan fingerprint density at radius 2 is 1.71 bits per heavy atom.